The van der Waals surface area contributed by atoms with Gasteiger partial charge in [0.25, 0.3) is 5.91 Å². The number of methoxy groups -OCH3 is 1. The molecule has 1 fully saturated rings. The lowest BCUT2D eigenvalue weighted by Crippen LogP contribution is -2.70. The molecule has 4 aliphatic rings. The van der Waals surface area contributed by atoms with E-state index in [1.807, 2.05) is 50.8 Å². The van der Waals surface area contributed by atoms with Gasteiger partial charge in [-0.2, -0.15) is 0 Å². The zero-order valence-electron chi connectivity index (χ0n) is 37.2. The molecule has 2 N–H and O–H groups in total. The van der Waals surface area contributed by atoms with Crippen LogP contribution in [-0.4, -0.2) is 90.7 Å². The molecule has 7 rings (SSSR count). The smallest absolute Gasteiger partial charge is 0.254 e. The van der Waals surface area contributed by atoms with Crippen molar-refractivity contribution in [2.45, 2.75) is 102 Å². The minimum Gasteiger partial charge on any atom is -0.496 e. The van der Waals surface area contributed by atoms with Crippen molar-refractivity contribution in [1.29, 1.82) is 0 Å². The lowest BCUT2D eigenvalue weighted by Gasteiger charge is -2.60. The number of aldehydes is 1. The Kier molecular flexibility index (Phi) is 14.5. The van der Waals surface area contributed by atoms with Crippen LogP contribution in [0.1, 0.15) is 111 Å². The molecule has 13 heteroatoms. The van der Waals surface area contributed by atoms with Gasteiger partial charge in [-0.15, -0.1) is 6.58 Å². The second-order valence-electron chi connectivity index (χ2n) is 17.7. The van der Waals surface area contributed by atoms with Gasteiger partial charge in [-0.05, 0) is 125 Å². The molecule has 3 aromatic rings. The molecule has 2 aliphatic heterocycles. The predicted molar refractivity (Wildman–Crippen MR) is 238 cm³/mol. The summed E-state index contributed by atoms with van der Waals surface area (Å²) in [6.07, 6.45) is 10.2. The number of rotatable bonds is 20. The number of unbranched alkanes of at least 4 members (excludes halogenated alkanes) is 2. The first-order valence-corrected chi connectivity index (χ1v) is 22.3. The number of ether oxygens (including phenoxy) is 6. The summed E-state index contributed by atoms with van der Waals surface area (Å²) in [5.41, 5.74) is 2.75. The Bertz CT molecular complexity index is 2180. The molecule has 2 aliphatic carbocycles. The van der Waals surface area contributed by atoms with E-state index in [1.165, 1.54) is 7.11 Å². The molecular weight excluding hydrogens is 805 g/mol. The number of aliphatic hydroxyl groups is 2. The first kappa shape index (κ1) is 45.6. The third-order valence-corrected chi connectivity index (χ3v) is 12.4. The highest BCUT2D eigenvalue weighted by molar-refractivity contribution is 6.03. The molecule has 13 nitrogen and oxygen atoms in total. The molecular formula is C50H62N2O11. The number of amides is 1. The zero-order valence-corrected chi connectivity index (χ0v) is 37.2. The molecule has 6 unspecified atom stereocenters. The summed E-state index contributed by atoms with van der Waals surface area (Å²) in [6, 6.07) is 15.4. The standard InChI is InChI=1S/C50H62N2O11/c1-7-21-52(48(56)33-15-18-43-44(27-33)59-31-58-43)45-29-40(51-63-49(3,4)5)38-26-32(13-9-11-22-53)37(14-10-12-23-54)46-39-28-36(61-35-16-19-41(57-6)34(25-35)30-55)17-20-42(39)62-50(45,47(38)46)60-24-8-2/h8,15-20,25-28,30,32,37,45-47,53-54H,2,7,9-14,21-24,29,31H2,1,3-6H3. The summed E-state index contributed by atoms with van der Waals surface area (Å²) in [5, 5.41) is 24.9. The molecule has 0 saturated heterocycles. The summed E-state index contributed by atoms with van der Waals surface area (Å²) >= 11 is 0. The average molecular weight is 867 g/mol. The largest absolute Gasteiger partial charge is 0.496 e. The Morgan fingerprint density at radius 3 is 2.41 bits per heavy atom. The van der Waals surface area contributed by atoms with Gasteiger partial charge in [-0.25, -0.2) is 0 Å². The van der Waals surface area contributed by atoms with Crippen LogP contribution in [0.2, 0.25) is 0 Å². The van der Waals surface area contributed by atoms with Crippen LogP contribution < -0.4 is 23.7 Å². The maximum Gasteiger partial charge on any atom is 0.254 e. The van der Waals surface area contributed by atoms with Gasteiger partial charge in [0.05, 0.1) is 30.9 Å². The molecule has 3 aromatic carbocycles. The first-order valence-electron chi connectivity index (χ1n) is 22.3. The van der Waals surface area contributed by atoms with E-state index >= 15 is 4.79 Å². The van der Waals surface area contributed by atoms with E-state index in [9.17, 15) is 15.0 Å². The number of nitrogens with zero attached hydrogens (tertiary/aromatic N) is 2. The Morgan fingerprint density at radius 2 is 1.70 bits per heavy atom. The number of aliphatic hydroxyl groups excluding tert-OH is 2. The molecule has 6 atom stereocenters. The van der Waals surface area contributed by atoms with E-state index in [-0.39, 0.29) is 56.7 Å². The van der Waals surface area contributed by atoms with Crippen LogP contribution in [-0.2, 0) is 9.57 Å². The highest BCUT2D eigenvalue weighted by Gasteiger charge is 2.65. The Labute approximate surface area is 370 Å². The third-order valence-electron chi connectivity index (χ3n) is 12.4. The van der Waals surface area contributed by atoms with Crippen LogP contribution in [0.15, 0.2) is 84.1 Å². The van der Waals surface area contributed by atoms with Gasteiger partial charge in [0.1, 0.15) is 34.6 Å². The van der Waals surface area contributed by atoms with E-state index in [2.05, 4.69) is 12.7 Å². The van der Waals surface area contributed by atoms with Crippen LogP contribution in [0.4, 0.5) is 0 Å². The van der Waals surface area contributed by atoms with Crippen molar-refractivity contribution in [3.05, 3.63) is 95.6 Å². The van der Waals surface area contributed by atoms with Gasteiger partial charge in [0.15, 0.2) is 17.8 Å². The van der Waals surface area contributed by atoms with Crippen LogP contribution in [0.5, 0.6) is 34.5 Å². The second kappa shape index (κ2) is 20.0. The van der Waals surface area contributed by atoms with Gasteiger partial charge in [0, 0.05) is 43.2 Å². The van der Waals surface area contributed by atoms with Gasteiger partial charge < -0.3 is 48.4 Å². The van der Waals surface area contributed by atoms with E-state index < -0.39 is 23.3 Å². The molecule has 0 bridgehead atoms. The number of hydrogen-bond acceptors (Lipinski definition) is 12. The van der Waals surface area contributed by atoms with Crippen LogP contribution >= 0.6 is 0 Å². The number of oxime groups is 1. The molecule has 0 radical (unpaired) electrons. The van der Waals surface area contributed by atoms with Crippen molar-refractivity contribution in [1.82, 2.24) is 4.90 Å². The molecule has 0 spiro atoms. The summed E-state index contributed by atoms with van der Waals surface area (Å²) in [4.78, 5) is 35.2. The fourth-order valence-corrected chi connectivity index (χ4v) is 9.74. The minimum absolute atomic E-state index is 0.0176. The molecule has 1 amide bonds. The summed E-state index contributed by atoms with van der Waals surface area (Å²) in [7, 11) is 1.52. The van der Waals surface area contributed by atoms with Crippen molar-refractivity contribution < 1.29 is 53.1 Å². The molecule has 338 valence electrons. The lowest BCUT2D eigenvalue weighted by atomic mass is 9.55. The highest BCUT2D eigenvalue weighted by Crippen LogP contribution is 2.62. The van der Waals surface area contributed by atoms with Crippen LogP contribution in [0.3, 0.4) is 0 Å². The second-order valence-corrected chi connectivity index (χ2v) is 17.7. The number of benzene rings is 3. The summed E-state index contributed by atoms with van der Waals surface area (Å²) in [6.45, 7) is 12.7. The Balaban J connectivity index is 1.45. The van der Waals surface area contributed by atoms with Crippen LogP contribution in [0, 0.1) is 17.8 Å². The molecule has 2 heterocycles. The van der Waals surface area contributed by atoms with Gasteiger partial charge in [-0.1, -0.05) is 37.1 Å². The van der Waals surface area contributed by atoms with Gasteiger partial charge in [0.2, 0.25) is 12.6 Å². The van der Waals surface area contributed by atoms with E-state index in [0.29, 0.717) is 77.1 Å². The number of hydrogen-bond donors (Lipinski definition) is 2. The first-order chi connectivity index (χ1) is 30.5. The van der Waals surface area contributed by atoms with Crippen molar-refractivity contribution >= 4 is 17.9 Å². The van der Waals surface area contributed by atoms with Crippen molar-refractivity contribution in [2.75, 3.05) is 40.3 Å². The Morgan fingerprint density at radius 1 is 0.968 bits per heavy atom. The highest BCUT2D eigenvalue weighted by atomic mass is 16.7. The molecule has 1 saturated carbocycles. The molecule has 63 heavy (non-hydrogen) atoms. The van der Waals surface area contributed by atoms with E-state index in [0.717, 1.165) is 43.1 Å². The minimum atomic E-state index is -1.43. The van der Waals surface area contributed by atoms with Gasteiger partial charge in [-0.3, -0.25) is 9.59 Å². The normalized spacial score (nSPS) is 23.8. The number of carbonyl (C=O) groups is 2. The maximum absolute atomic E-state index is 15.1. The van der Waals surface area contributed by atoms with Gasteiger partial charge >= 0.3 is 0 Å². The van der Waals surface area contributed by atoms with Crippen LogP contribution in [0.25, 0.3) is 0 Å². The quantitative estimate of drug-likeness (QED) is 0.0484. The fourth-order valence-electron chi connectivity index (χ4n) is 9.74. The van der Waals surface area contributed by atoms with Crippen molar-refractivity contribution in [3.8, 4) is 34.5 Å². The van der Waals surface area contributed by atoms with E-state index in [1.54, 1.807) is 42.5 Å². The van der Waals surface area contributed by atoms with Crippen molar-refractivity contribution in [2.24, 2.45) is 22.9 Å². The SMILES string of the molecule is C=CCOC12Oc3ccc(Oc4ccc(OC)c(C=O)c4)cc3C3C(CCCCO)C(CCCCO)C=C(C(=NOC(C)(C)C)CC1N(CCC)C(=O)c1ccc4c(c1)OCO4)C32. The Hall–Kier alpha value is -5.37. The number of allylic oxidation sites excluding steroid dienone is 1. The maximum atomic E-state index is 15.1. The van der Waals surface area contributed by atoms with E-state index in [4.69, 9.17) is 38.4 Å². The third kappa shape index (κ3) is 9.61. The topological polar surface area (TPSA) is 155 Å². The molecule has 0 aromatic heterocycles. The predicted octanol–water partition coefficient (Wildman–Crippen LogP) is 9.01. The van der Waals surface area contributed by atoms with Crippen molar-refractivity contribution in [3.63, 3.8) is 0 Å². The average Bonchev–Trinajstić information content (AvgIpc) is 3.76. The summed E-state index contributed by atoms with van der Waals surface area (Å²) in [5.74, 6) is 0.811. The summed E-state index contributed by atoms with van der Waals surface area (Å²) < 4.78 is 37.7. The zero-order chi connectivity index (χ0) is 44.7. The number of carbonyl (C=O) groups excluding carboxylic acids is 2. The lowest BCUT2D eigenvalue weighted by molar-refractivity contribution is -0.254. The number of fused-ring (bicyclic) bond motifs is 3. The monoisotopic (exact) mass is 866 g/mol. The fraction of sp³-hybridized carbons (Fsp3) is 0.500.